The Hall–Kier alpha value is -3.00. The van der Waals surface area contributed by atoms with E-state index in [1.54, 1.807) is 6.92 Å². The zero-order chi connectivity index (χ0) is 28.2. The van der Waals surface area contributed by atoms with E-state index in [-0.39, 0.29) is 23.0 Å². The van der Waals surface area contributed by atoms with Gasteiger partial charge in [-0.25, -0.2) is 21.1 Å². The van der Waals surface area contributed by atoms with E-state index < -0.39 is 49.5 Å². The van der Waals surface area contributed by atoms with Gasteiger partial charge in [0, 0.05) is 17.1 Å². The Morgan fingerprint density at radius 2 is 1.74 bits per heavy atom. The van der Waals surface area contributed by atoms with Crippen LogP contribution in [0.2, 0.25) is 0 Å². The molecule has 0 aliphatic carbocycles. The maximum atomic E-state index is 14.0. The SMILES string of the molecule is CC(CS(=O)(=O)Cc1cncs1)C(=O)N([C@H](N)[C@@H](C)Cc1ccccc1)S(=O)(=O)c1ccc2c(c1)OCCO2. The van der Waals surface area contributed by atoms with Crippen LogP contribution in [0.15, 0.2) is 65.1 Å². The van der Waals surface area contributed by atoms with Gasteiger partial charge in [-0.1, -0.05) is 44.2 Å². The van der Waals surface area contributed by atoms with Crippen molar-refractivity contribution < 1.29 is 31.1 Å². The molecule has 2 heterocycles. The highest BCUT2D eigenvalue weighted by molar-refractivity contribution is 7.91. The van der Waals surface area contributed by atoms with Crippen molar-refractivity contribution in [1.29, 1.82) is 0 Å². The molecule has 1 unspecified atom stereocenters. The summed E-state index contributed by atoms with van der Waals surface area (Å²) in [4.78, 5) is 18.0. The second-order valence-corrected chi connectivity index (χ2v) is 14.4. The lowest BCUT2D eigenvalue weighted by Crippen LogP contribution is -2.54. The second kappa shape index (κ2) is 12.0. The number of ether oxygens (including phenoxy) is 2. The van der Waals surface area contributed by atoms with Gasteiger partial charge in [0.05, 0.1) is 34.0 Å². The Labute approximate surface area is 232 Å². The molecule has 0 spiro atoms. The Morgan fingerprint density at radius 3 is 2.41 bits per heavy atom. The van der Waals surface area contributed by atoms with Crippen molar-refractivity contribution in [3.8, 4) is 11.5 Å². The smallest absolute Gasteiger partial charge is 0.268 e. The Kier molecular flexibility index (Phi) is 8.94. The highest BCUT2D eigenvalue weighted by Gasteiger charge is 2.40. The van der Waals surface area contributed by atoms with Gasteiger partial charge in [-0.2, -0.15) is 0 Å². The van der Waals surface area contributed by atoms with Crippen LogP contribution in [-0.2, 0) is 36.8 Å². The first kappa shape index (κ1) is 29.0. The molecular weight excluding hydrogens is 563 g/mol. The fourth-order valence-corrected chi connectivity index (χ4v) is 8.71. The van der Waals surface area contributed by atoms with E-state index in [2.05, 4.69) is 4.98 Å². The number of hydrogen-bond donors (Lipinski definition) is 1. The molecule has 3 aromatic rings. The summed E-state index contributed by atoms with van der Waals surface area (Å²) in [7, 11) is -8.25. The average molecular weight is 594 g/mol. The third-order valence-electron chi connectivity index (χ3n) is 6.31. The van der Waals surface area contributed by atoms with Crippen molar-refractivity contribution in [2.24, 2.45) is 17.6 Å². The number of carbonyl (C=O) groups excluding carboxylic acids is 1. The van der Waals surface area contributed by atoms with E-state index in [4.69, 9.17) is 15.2 Å². The van der Waals surface area contributed by atoms with Crippen molar-refractivity contribution in [3.63, 3.8) is 0 Å². The van der Waals surface area contributed by atoms with Gasteiger partial charge in [-0.05, 0) is 30.0 Å². The maximum absolute atomic E-state index is 14.0. The van der Waals surface area contributed by atoms with Crippen molar-refractivity contribution in [1.82, 2.24) is 9.29 Å². The van der Waals surface area contributed by atoms with Gasteiger partial charge in [-0.15, -0.1) is 11.3 Å². The van der Waals surface area contributed by atoms with Gasteiger partial charge < -0.3 is 15.2 Å². The number of rotatable bonds is 11. The molecule has 4 rings (SSSR count). The molecule has 0 radical (unpaired) electrons. The fourth-order valence-electron chi connectivity index (χ4n) is 4.32. The largest absolute Gasteiger partial charge is 0.486 e. The molecule has 39 heavy (non-hydrogen) atoms. The minimum absolute atomic E-state index is 0.206. The quantitative estimate of drug-likeness (QED) is 0.332. The molecule has 0 saturated carbocycles. The van der Waals surface area contributed by atoms with Gasteiger partial charge in [0.1, 0.15) is 13.2 Å². The molecule has 0 bridgehead atoms. The van der Waals surface area contributed by atoms with E-state index >= 15 is 0 Å². The Morgan fingerprint density at radius 1 is 1.05 bits per heavy atom. The molecule has 1 aliphatic heterocycles. The number of benzene rings is 2. The lowest BCUT2D eigenvalue weighted by molar-refractivity contribution is -0.131. The standard InChI is InChI=1S/C26H31N3O7S3/c1-18(12-20-6-4-3-5-7-20)25(27)29(26(30)19(2)15-38(31,32)16-21-14-28-17-37-21)39(33,34)22-8-9-23-24(13-22)36-11-10-35-23/h3-9,13-14,17-19,25H,10-12,15-16,27H2,1-2H3/t18-,19?,25-/m0/s1. The summed E-state index contributed by atoms with van der Waals surface area (Å²) in [5, 5.41) is 0. The van der Waals surface area contributed by atoms with Crippen LogP contribution in [0, 0.1) is 11.8 Å². The first-order valence-corrected chi connectivity index (χ1v) is 16.5. The molecule has 1 aliphatic rings. The average Bonchev–Trinajstić information content (AvgIpc) is 3.40. The lowest BCUT2D eigenvalue weighted by Gasteiger charge is -2.34. The number of nitrogens with zero attached hydrogens (tertiary/aromatic N) is 2. The summed E-state index contributed by atoms with van der Waals surface area (Å²) in [5.41, 5.74) is 8.94. The van der Waals surface area contributed by atoms with Crippen LogP contribution in [0.25, 0.3) is 0 Å². The molecule has 2 N–H and O–H groups in total. The minimum Gasteiger partial charge on any atom is -0.486 e. The van der Waals surface area contributed by atoms with Gasteiger partial charge in [0.2, 0.25) is 5.91 Å². The number of aromatic nitrogens is 1. The highest BCUT2D eigenvalue weighted by Crippen LogP contribution is 2.34. The molecule has 2 aromatic carbocycles. The number of amides is 1. The predicted molar refractivity (Wildman–Crippen MR) is 148 cm³/mol. The van der Waals surface area contributed by atoms with Gasteiger partial charge in [0.25, 0.3) is 10.0 Å². The summed E-state index contributed by atoms with van der Waals surface area (Å²) < 4.78 is 65.3. The summed E-state index contributed by atoms with van der Waals surface area (Å²) >= 11 is 1.19. The van der Waals surface area contributed by atoms with Gasteiger partial charge in [-0.3, -0.25) is 9.78 Å². The van der Waals surface area contributed by atoms with Crippen molar-refractivity contribution in [3.05, 3.63) is 70.7 Å². The third-order valence-corrected chi connectivity index (χ3v) is 10.8. The highest BCUT2D eigenvalue weighted by atomic mass is 32.2. The minimum atomic E-state index is -4.50. The zero-order valence-electron chi connectivity index (χ0n) is 21.6. The van der Waals surface area contributed by atoms with E-state index in [1.807, 2.05) is 30.3 Å². The number of fused-ring (bicyclic) bond motifs is 1. The number of nitrogens with two attached hydrogens (primary N) is 1. The molecule has 210 valence electrons. The van der Waals surface area contributed by atoms with E-state index in [1.165, 1.54) is 48.2 Å². The van der Waals surface area contributed by atoms with Crippen LogP contribution in [-0.4, -0.2) is 57.2 Å². The molecular formula is C26H31N3O7S3. The summed E-state index contributed by atoms with van der Waals surface area (Å²) in [6.45, 7) is 3.73. The molecule has 0 saturated heterocycles. The monoisotopic (exact) mass is 593 g/mol. The Bertz CT molecular complexity index is 1490. The molecule has 1 aromatic heterocycles. The predicted octanol–water partition coefficient (Wildman–Crippen LogP) is 2.85. The third kappa shape index (κ3) is 6.96. The maximum Gasteiger partial charge on any atom is 0.268 e. The molecule has 10 nitrogen and oxygen atoms in total. The van der Waals surface area contributed by atoms with Crippen molar-refractivity contribution in [2.75, 3.05) is 19.0 Å². The number of sulfonamides is 1. The Balaban J connectivity index is 1.65. The first-order chi connectivity index (χ1) is 18.5. The number of hydrogen-bond acceptors (Lipinski definition) is 10. The van der Waals surface area contributed by atoms with Crippen LogP contribution in [0.3, 0.4) is 0 Å². The van der Waals surface area contributed by atoms with Crippen LogP contribution >= 0.6 is 11.3 Å². The molecule has 1 amide bonds. The fraction of sp³-hybridized carbons (Fsp3) is 0.385. The van der Waals surface area contributed by atoms with E-state index in [9.17, 15) is 21.6 Å². The molecule has 0 fully saturated rings. The normalized spacial score (nSPS) is 15.8. The lowest BCUT2D eigenvalue weighted by atomic mass is 9.98. The number of carbonyl (C=O) groups is 1. The summed E-state index contributed by atoms with van der Waals surface area (Å²) in [6.07, 6.45) is 0.595. The van der Waals surface area contributed by atoms with Crippen LogP contribution in [0.4, 0.5) is 0 Å². The van der Waals surface area contributed by atoms with Crippen LogP contribution in [0.1, 0.15) is 24.3 Å². The van der Waals surface area contributed by atoms with Gasteiger partial charge >= 0.3 is 0 Å². The number of thiazole rings is 1. The van der Waals surface area contributed by atoms with E-state index in [0.717, 1.165) is 5.56 Å². The van der Waals surface area contributed by atoms with Crippen LogP contribution < -0.4 is 15.2 Å². The summed E-state index contributed by atoms with van der Waals surface area (Å²) in [5.74, 6) is -2.76. The topological polar surface area (TPSA) is 146 Å². The van der Waals surface area contributed by atoms with Crippen LogP contribution in [0.5, 0.6) is 11.5 Å². The van der Waals surface area contributed by atoms with Crippen molar-refractivity contribution >= 4 is 37.1 Å². The molecule has 3 atom stereocenters. The summed E-state index contributed by atoms with van der Waals surface area (Å²) in [6, 6.07) is 13.4. The number of sulfone groups is 1. The first-order valence-electron chi connectivity index (χ1n) is 12.3. The van der Waals surface area contributed by atoms with E-state index in [0.29, 0.717) is 28.0 Å². The molecule has 13 heteroatoms. The van der Waals surface area contributed by atoms with Crippen molar-refractivity contribution in [2.45, 2.75) is 37.1 Å². The second-order valence-electron chi connectivity index (χ2n) is 9.53. The zero-order valence-corrected chi connectivity index (χ0v) is 24.0. The van der Waals surface area contributed by atoms with Gasteiger partial charge in [0.15, 0.2) is 21.3 Å².